The average Bonchev–Trinajstić information content (AvgIpc) is 2.38. The highest BCUT2D eigenvalue weighted by molar-refractivity contribution is 5.84. The number of amides is 1. The highest BCUT2D eigenvalue weighted by Crippen LogP contribution is 2.18. The molecule has 3 heteroatoms. The van der Waals surface area contributed by atoms with Crippen LogP contribution in [-0.4, -0.2) is 29.6 Å². The van der Waals surface area contributed by atoms with Crippen LogP contribution in [0.1, 0.15) is 11.1 Å². The van der Waals surface area contributed by atoms with Gasteiger partial charge >= 0.3 is 0 Å². The van der Waals surface area contributed by atoms with Gasteiger partial charge in [-0.05, 0) is 29.3 Å². The molecule has 18 heavy (non-hydrogen) atoms. The number of hydrogen-bond donors (Lipinski definition) is 1. The molecule has 2 aromatic carbocycles. The summed E-state index contributed by atoms with van der Waals surface area (Å²) in [4.78, 5) is 12.8. The van der Waals surface area contributed by atoms with Crippen molar-refractivity contribution in [2.75, 3.05) is 13.7 Å². The van der Waals surface area contributed by atoms with Gasteiger partial charge < -0.3 is 10.0 Å². The molecule has 0 aromatic heterocycles. The maximum atomic E-state index is 11.3. The molecule has 0 unspecified atom stereocenters. The molecule has 1 amide bonds. The van der Waals surface area contributed by atoms with Crippen molar-refractivity contribution < 1.29 is 9.90 Å². The van der Waals surface area contributed by atoms with E-state index in [0.29, 0.717) is 6.54 Å². The molecule has 0 saturated heterocycles. The maximum absolute atomic E-state index is 11.3. The molecular weight excluding hydrogens is 226 g/mol. The van der Waals surface area contributed by atoms with E-state index in [-0.39, 0.29) is 5.91 Å². The summed E-state index contributed by atoms with van der Waals surface area (Å²) in [5.74, 6) is -0.265. The van der Waals surface area contributed by atoms with Crippen LogP contribution in [0.2, 0.25) is 0 Å². The number of aliphatic hydroxyl groups is 1. The fourth-order valence-electron chi connectivity index (χ4n) is 2.00. The zero-order valence-corrected chi connectivity index (χ0v) is 10.7. The largest absolute Gasteiger partial charge is 0.387 e. The van der Waals surface area contributed by atoms with Crippen LogP contribution < -0.4 is 0 Å². The molecule has 0 fully saturated rings. The number of nitrogens with zero attached hydrogens (tertiary/aromatic N) is 1. The molecule has 0 heterocycles. The van der Waals surface area contributed by atoms with E-state index in [9.17, 15) is 4.79 Å². The highest BCUT2D eigenvalue weighted by Gasteiger charge is 2.07. The molecule has 0 bridgehead atoms. The number of carbonyl (C=O) groups is 1. The standard InChI is InChI=1S/C15H17NO2/c1-11-3-5-14-8-12(4-6-13(14)7-11)9-16(2)15(18)10-17/h3-8,17H,9-10H2,1-2H3. The lowest BCUT2D eigenvalue weighted by molar-refractivity contribution is -0.133. The van der Waals surface area contributed by atoms with Gasteiger partial charge in [0.25, 0.3) is 0 Å². The Balaban J connectivity index is 2.25. The van der Waals surface area contributed by atoms with Gasteiger partial charge in [0.2, 0.25) is 5.91 Å². The Hall–Kier alpha value is -1.87. The van der Waals surface area contributed by atoms with E-state index in [2.05, 4.69) is 37.3 Å². The number of aliphatic hydroxyl groups excluding tert-OH is 1. The molecule has 0 radical (unpaired) electrons. The van der Waals surface area contributed by atoms with Crippen LogP contribution in [0.3, 0.4) is 0 Å². The molecular formula is C15H17NO2. The Bertz CT molecular complexity index is 578. The van der Waals surface area contributed by atoms with Crippen LogP contribution in [0.15, 0.2) is 36.4 Å². The third-order valence-electron chi connectivity index (χ3n) is 3.04. The zero-order chi connectivity index (χ0) is 13.1. The summed E-state index contributed by atoms with van der Waals surface area (Å²) in [7, 11) is 1.69. The van der Waals surface area contributed by atoms with Gasteiger partial charge in [-0.25, -0.2) is 0 Å². The van der Waals surface area contributed by atoms with Crippen LogP contribution >= 0.6 is 0 Å². The van der Waals surface area contributed by atoms with Crippen molar-refractivity contribution in [2.24, 2.45) is 0 Å². The summed E-state index contributed by atoms with van der Waals surface area (Å²) in [6, 6.07) is 12.5. The quantitative estimate of drug-likeness (QED) is 0.896. The number of benzene rings is 2. The normalized spacial score (nSPS) is 10.6. The number of carbonyl (C=O) groups excluding carboxylic acids is 1. The van der Waals surface area contributed by atoms with Crippen molar-refractivity contribution >= 4 is 16.7 Å². The number of aryl methyl sites for hydroxylation is 1. The average molecular weight is 243 g/mol. The van der Waals surface area contributed by atoms with Gasteiger partial charge in [-0.15, -0.1) is 0 Å². The van der Waals surface area contributed by atoms with E-state index in [1.165, 1.54) is 21.2 Å². The first-order chi connectivity index (χ1) is 8.60. The second-order valence-electron chi connectivity index (χ2n) is 4.59. The first-order valence-electron chi connectivity index (χ1n) is 5.94. The lowest BCUT2D eigenvalue weighted by atomic mass is 10.0. The van der Waals surface area contributed by atoms with Crippen LogP contribution in [0.5, 0.6) is 0 Å². The van der Waals surface area contributed by atoms with Gasteiger partial charge in [-0.2, -0.15) is 0 Å². The molecule has 94 valence electrons. The van der Waals surface area contributed by atoms with E-state index in [1.807, 2.05) is 6.07 Å². The van der Waals surface area contributed by atoms with E-state index in [1.54, 1.807) is 7.05 Å². The van der Waals surface area contributed by atoms with Gasteiger partial charge in [-0.3, -0.25) is 4.79 Å². The Morgan fingerprint density at radius 2 is 1.83 bits per heavy atom. The SMILES string of the molecule is Cc1ccc2cc(CN(C)C(=O)CO)ccc2c1. The van der Waals surface area contributed by atoms with Gasteiger partial charge in [0.05, 0.1) is 0 Å². The van der Waals surface area contributed by atoms with Crippen molar-refractivity contribution in [1.82, 2.24) is 4.90 Å². The van der Waals surface area contributed by atoms with E-state index >= 15 is 0 Å². The molecule has 2 rings (SSSR count). The van der Waals surface area contributed by atoms with Crippen LogP contribution in [0, 0.1) is 6.92 Å². The van der Waals surface area contributed by atoms with Crippen LogP contribution in [0.4, 0.5) is 0 Å². The second kappa shape index (κ2) is 5.19. The summed E-state index contributed by atoms with van der Waals surface area (Å²) >= 11 is 0. The zero-order valence-electron chi connectivity index (χ0n) is 10.7. The number of rotatable bonds is 3. The predicted octanol–water partition coefficient (Wildman–Crippen LogP) is 2.10. The third-order valence-corrected chi connectivity index (χ3v) is 3.04. The molecule has 1 N–H and O–H groups in total. The van der Waals surface area contributed by atoms with Crippen molar-refractivity contribution in [3.8, 4) is 0 Å². The fraction of sp³-hybridized carbons (Fsp3) is 0.267. The smallest absolute Gasteiger partial charge is 0.248 e. The van der Waals surface area contributed by atoms with Crippen molar-refractivity contribution in [1.29, 1.82) is 0 Å². The van der Waals surface area contributed by atoms with Crippen LogP contribution in [0.25, 0.3) is 10.8 Å². The topological polar surface area (TPSA) is 40.5 Å². The monoisotopic (exact) mass is 243 g/mol. The minimum atomic E-state index is -0.441. The minimum Gasteiger partial charge on any atom is -0.387 e. The number of hydrogen-bond acceptors (Lipinski definition) is 2. The fourth-order valence-corrected chi connectivity index (χ4v) is 2.00. The summed E-state index contributed by atoms with van der Waals surface area (Å²) in [5.41, 5.74) is 2.30. The van der Waals surface area contributed by atoms with Gasteiger partial charge in [0.1, 0.15) is 6.61 Å². The third kappa shape index (κ3) is 2.68. The highest BCUT2D eigenvalue weighted by atomic mass is 16.3. The van der Waals surface area contributed by atoms with Crippen LogP contribution in [-0.2, 0) is 11.3 Å². The Kier molecular flexibility index (Phi) is 3.63. The molecule has 0 aliphatic rings. The second-order valence-corrected chi connectivity index (χ2v) is 4.59. The molecule has 0 saturated carbocycles. The van der Waals surface area contributed by atoms with Gasteiger partial charge in [0.15, 0.2) is 0 Å². The summed E-state index contributed by atoms with van der Waals surface area (Å²) in [6.07, 6.45) is 0. The summed E-state index contributed by atoms with van der Waals surface area (Å²) in [6.45, 7) is 2.15. The number of likely N-dealkylation sites (N-methyl/N-ethyl adjacent to an activating group) is 1. The molecule has 0 aliphatic heterocycles. The van der Waals surface area contributed by atoms with Crippen molar-refractivity contribution in [3.05, 3.63) is 47.5 Å². The lowest BCUT2D eigenvalue weighted by Gasteiger charge is -2.16. The van der Waals surface area contributed by atoms with Crippen molar-refractivity contribution in [3.63, 3.8) is 0 Å². The molecule has 0 atom stereocenters. The van der Waals surface area contributed by atoms with Gasteiger partial charge in [0, 0.05) is 13.6 Å². The minimum absolute atomic E-state index is 0.265. The summed E-state index contributed by atoms with van der Waals surface area (Å²) < 4.78 is 0. The molecule has 2 aromatic rings. The maximum Gasteiger partial charge on any atom is 0.248 e. The Morgan fingerprint density at radius 3 is 2.56 bits per heavy atom. The summed E-state index contributed by atoms with van der Waals surface area (Å²) in [5, 5.41) is 11.2. The Labute approximate surface area is 107 Å². The molecule has 0 spiro atoms. The van der Waals surface area contributed by atoms with E-state index in [4.69, 9.17) is 5.11 Å². The van der Waals surface area contributed by atoms with E-state index in [0.717, 1.165) is 5.56 Å². The number of fused-ring (bicyclic) bond motifs is 1. The lowest BCUT2D eigenvalue weighted by Crippen LogP contribution is -2.28. The molecule has 0 aliphatic carbocycles. The first kappa shape index (κ1) is 12.6. The first-order valence-corrected chi connectivity index (χ1v) is 5.94. The molecule has 3 nitrogen and oxygen atoms in total. The predicted molar refractivity (Wildman–Crippen MR) is 72.2 cm³/mol. The van der Waals surface area contributed by atoms with Gasteiger partial charge in [-0.1, -0.05) is 35.9 Å². The van der Waals surface area contributed by atoms with Crippen molar-refractivity contribution in [2.45, 2.75) is 13.5 Å². The van der Waals surface area contributed by atoms with E-state index < -0.39 is 6.61 Å². The Morgan fingerprint density at radius 1 is 1.17 bits per heavy atom.